The summed E-state index contributed by atoms with van der Waals surface area (Å²) in [6, 6.07) is -0.938. The van der Waals surface area contributed by atoms with Gasteiger partial charge in [0.2, 0.25) is 11.7 Å². The molecule has 3 aliphatic rings. The molecule has 6 heteroatoms. The van der Waals surface area contributed by atoms with E-state index in [1.165, 1.54) is 7.11 Å². The molecule has 112 valence electrons. The van der Waals surface area contributed by atoms with Crippen molar-refractivity contribution in [3.05, 3.63) is 22.5 Å². The number of rotatable bonds is 1. The molecule has 2 aliphatic heterocycles. The quantitative estimate of drug-likeness (QED) is 0.685. The van der Waals surface area contributed by atoms with Gasteiger partial charge in [0.25, 0.3) is 0 Å². The lowest BCUT2D eigenvalue weighted by Gasteiger charge is -2.47. The standard InChI is InChI=1S/C15H18N2O4/c1-6-12(18)8-5-9-15(20)17(3)7(2)11(16-9)10(8)13(19)14(6)21-4/h7,9,11,16H,5H2,1-4H3/t7-,9-,11-/m0/s1. The number of hydrogen-bond acceptors (Lipinski definition) is 5. The number of hydrogen-bond donors (Lipinski definition) is 1. The van der Waals surface area contributed by atoms with Gasteiger partial charge in [0, 0.05) is 36.2 Å². The van der Waals surface area contributed by atoms with Gasteiger partial charge in [-0.3, -0.25) is 19.7 Å². The van der Waals surface area contributed by atoms with Crippen LogP contribution in [0.1, 0.15) is 20.3 Å². The van der Waals surface area contributed by atoms with Crippen LogP contribution in [0.2, 0.25) is 0 Å². The number of carbonyl (C=O) groups is 3. The summed E-state index contributed by atoms with van der Waals surface area (Å²) in [5.41, 5.74) is 1.26. The Labute approximate surface area is 122 Å². The normalized spacial score (nSPS) is 32.7. The minimum absolute atomic E-state index is 0.0373. The summed E-state index contributed by atoms with van der Waals surface area (Å²) in [6.07, 6.45) is 0.265. The number of ketones is 2. The van der Waals surface area contributed by atoms with Gasteiger partial charge in [-0.25, -0.2) is 0 Å². The predicted octanol–water partition coefficient (Wildman–Crippen LogP) is -0.0538. The van der Waals surface area contributed by atoms with Gasteiger partial charge in [-0.15, -0.1) is 0 Å². The first-order chi connectivity index (χ1) is 9.88. The van der Waals surface area contributed by atoms with Crippen LogP contribution in [0, 0.1) is 0 Å². The predicted molar refractivity (Wildman–Crippen MR) is 74.3 cm³/mol. The number of nitrogens with one attached hydrogen (secondary N) is 1. The minimum Gasteiger partial charge on any atom is -0.492 e. The van der Waals surface area contributed by atoms with Crippen molar-refractivity contribution in [1.29, 1.82) is 0 Å². The van der Waals surface area contributed by atoms with Crippen molar-refractivity contribution >= 4 is 17.5 Å². The van der Waals surface area contributed by atoms with Crippen LogP contribution in [-0.2, 0) is 19.1 Å². The Morgan fingerprint density at radius 2 is 1.90 bits per heavy atom. The molecule has 1 saturated heterocycles. The van der Waals surface area contributed by atoms with E-state index in [0.717, 1.165) is 0 Å². The lowest BCUT2D eigenvalue weighted by atomic mass is 9.75. The molecule has 3 atom stereocenters. The highest BCUT2D eigenvalue weighted by molar-refractivity contribution is 6.25. The van der Waals surface area contributed by atoms with Gasteiger partial charge >= 0.3 is 0 Å². The van der Waals surface area contributed by atoms with Crippen LogP contribution in [0.5, 0.6) is 0 Å². The van der Waals surface area contributed by atoms with Crippen molar-refractivity contribution < 1.29 is 19.1 Å². The average Bonchev–Trinajstić information content (AvgIpc) is 2.48. The van der Waals surface area contributed by atoms with Gasteiger partial charge in [0.1, 0.15) is 0 Å². The number of likely N-dealkylation sites (N-methyl/N-ethyl adjacent to an activating group) is 1. The lowest BCUT2D eigenvalue weighted by molar-refractivity contribution is -0.139. The Morgan fingerprint density at radius 3 is 2.52 bits per heavy atom. The Bertz CT molecular complexity index is 632. The number of amides is 1. The molecule has 21 heavy (non-hydrogen) atoms. The highest BCUT2D eigenvalue weighted by Crippen LogP contribution is 2.36. The zero-order valence-corrected chi connectivity index (χ0v) is 12.5. The number of piperazine rings is 1. The molecule has 2 heterocycles. The molecule has 0 aromatic heterocycles. The van der Waals surface area contributed by atoms with Crippen molar-refractivity contribution in [2.24, 2.45) is 0 Å². The fourth-order valence-corrected chi connectivity index (χ4v) is 3.43. The maximum absolute atomic E-state index is 12.6. The van der Waals surface area contributed by atoms with Gasteiger partial charge in [0.15, 0.2) is 11.5 Å². The van der Waals surface area contributed by atoms with Crippen molar-refractivity contribution in [3.8, 4) is 0 Å². The first-order valence-corrected chi connectivity index (χ1v) is 6.98. The summed E-state index contributed by atoms with van der Waals surface area (Å²) in [5.74, 6) is -0.340. The van der Waals surface area contributed by atoms with Crippen LogP contribution in [0.4, 0.5) is 0 Å². The molecule has 6 nitrogen and oxygen atoms in total. The Kier molecular flexibility index (Phi) is 3.02. The number of fused-ring (bicyclic) bond motifs is 3. The zero-order chi connectivity index (χ0) is 15.5. The third-order valence-electron chi connectivity index (χ3n) is 4.77. The molecule has 1 N–H and O–H groups in total. The lowest BCUT2D eigenvalue weighted by Crippen LogP contribution is -2.67. The van der Waals surface area contributed by atoms with E-state index in [9.17, 15) is 14.4 Å². The van der Waals surface area contributed by atoms with Crippen LogP contribution in [0.3, 0.4) is 0 Å². The summed E-state index contributed by atoms with van der Waals surface area (Å²) in [5, 5.41) is 3.19. The molecule has 2 bridgehead atoms. The molecule has 0 radical (unpaired) electrons. The zero-order valence-electron chi connectivity index (χ0n) is 12.5. The SMILES string of the molecule is COC1=C(C)C(=O)C2=C(C1=O)[C@H]1N[C@@H](C2)C(=O)N(C)[C@H]1C. The van der Waals surface area contributed by atoms with Gasteiger partial charge in [-0.05, 0) is 13.8 Å². The highest BCUT2D eigenvalue weighted by Gasteiger charge is 2.49. The molecule has 0 spiro atoms. The first kappa shape index (κ1) is 14.0. The van der Waals surface area contributed by atoms with Crippen LogP contribution >= 0.6 is 0 Å². The van der Waals surface area contributed by atoms with E-state index in [1.54, 1.807) is 18.9 Å². The van der Waals surface area contributed by atoms with E-state index in [2.05, 4.69) is 5.32 Å². The van der Waals surface area contributed by atoms with Crippen molar-refractivity contribution in [3.63, 3.8) is 0 Å². The fraction of sp³-hybridized carbons (Fsp3) is 0.533. The van der Waals surface area contributed by atoms with E-state index >= 15 is 0 Å². The van der Waals surface area contributed by atoms with Crippen LogP contribution in [0.15, 0.2) is 22.5 Å². The van der Waals surface area contributed by atoms with Crippen molar-refractivity contribution in [2.75, 3.05) is 14.2 Å². The maximum atomic E-state index is 12.6. The van der Waals surface area contributed by atoms with E-state index in [0.29, 0.717) is 16.7 Å². The Morgan fingerprint density at radius 1 is 1.24 bits per heavy atom. The van der Waals surface area contributed by atoms with Gasteiger partial charge in [-0.2, -0.15) is 0 Å². The van der Waals surface area contributed by atoms with Gasteiger partial charge in [0.05, 0.1) is 19.2 Å². The fourth-order valence-electron chi connectivity index (χ4n) is 3.43. The second-order valence-electron chi connectivity index (χ2n) is 5.80. The van der Waals surface area contributed by atoms with E-state index < -0.39 is 6.04 Å². The van der Waals surface area contributed by atoms with Crippen LogP contribution in [-0.4, -0.2) is 54.7 Å². The molecule has 0 unspecified atom stereocenters. The summed E-state index contributed by atoms with van der Waals surface area (Å²) in [7, 11) is 3.13. The Balaban J connectivity index is 2.13. The minimum atomic E-state index is -0.427. The van der Waals surface area contributed by atoms with Gasteiger partial charge < -0.3 is 9.64 Å². The number of allylic oxidation sites excluding steroid dienone is 2. The van der Waals surface area contributed by atoms with E-state index in [1.807, 2.05) is 6.92 Å². The maximum Gasteiger partial charge on any atom is 0.240 e. The number of carbonyl (C=O) groups excluding carboxylic acids is 3. The van der Waals surface area contributed by atoms with E-state index in [4.69, 9.17) is 4.74 Å². The number of methoxy groups -OCH3 is 1. The molecule has 3 rings (SSSR count). The molecule has 1 amide bonds. The highest BCUT2D eigenvalue weighted by atomic mass is 16.5. The largest absolute Gasteiger partial charge is 0.492 e. The summed E-state index contributed by atoms with van der Waals surface area (Å²) < 4.78 is 5.12. The van der Waals surface area contributed by atoms with Crippen molar-refractivity contribution in [2.45, 2.75) is 38.4 Å². The summed E-state index contributed by atoms with van der Waals surface area (Å²) in [6.45, 7) is 3.47. The van der Waals surface area contributed by atoms with Crippen molar-refractivity contribution in [1.82, 2.24) is 10.2 Å². The van der Waals surface area contributed by atoms with Gasteiger partial charge in [-0.1, -0.05) is 0 Å². The first-order valence-electron chi connectivity index (χ1n) is 6.98. The molecule has 0 aromatic carbocycles. The second-order valence-corrected chi connectivity index (χ2v) is 5.80. The molecular formula is C15H18N2O4. The summed E-state index contributed by atoms with van der Waals surface area (Å²) in [4.78, 5) is 39.0. The topological polar surface area (TPSA) is 75.7 Å². The third kappa shape index (κ3) is 1.72. The molecule has 1 fully saturated rings. The molecule has 0 saturated carbocycles. The third-order valence-corrected chi connectivity index (χ3v) is 4.77. The molecular weight excluding hydrogens is 272 g/mol. The smallest absolute Gasteiger partial charge is 0.240 e. The number of nitrogens with zero attached hydrogens (tertiary/aromatic N) is 1. The Hall–Kier alpha value is -1.95. The van der Waals surface area contributed by atoms with Crippen LogP contribution < -0.4 is 5.32 Å². The second kappa shape index (κ2) is 4.53. The average molecular weight is 290 g/mol. The molecule has 0 aromatic rings. The molecule has 1 aliphatic carbocycles. The van der Waals surface area contributed by atoms with E-state index in [-0.39, 0.29) is 41.7 Å². The number of ether oxygens (including phenoxy) is 1. The number of Topliss-reactive ketones (excluding diaryl/α,β-unsaturated/α-hetero) is 2. The summed E-state index contributed by atoms with van der Waals surface area (Å²) >= 11 is 0. The monoisotopic (exact) mass is 290 g/mol. The van der Waals surface area contributed by atoms with Crippen LogP contribution in [0.25, 0.3) is 0 Å².